The summed E-state index contributed by atoms with van der Waals surface area (Å²) in [6.45, 7) is 3.31. The summed E-state index contributed by atoms with van der Waals surface area (Å²) in [5.41, 5.74) is 1.02. The fraction of sp³-hybridized carbons (Fsp3) is 0.238. The number of halogens is 1. The Kier molecular flexibility index (Phi) is 6.05. The monoisotopic (exact) mass is 496 g/mol. The number of anilines is 3. The van der Waals surface area contributed by atoms with Crippen LogP contribution in [0.25, 0.3) is 11.4 Å². The first-order valence-electron chi connectivity index (χ1n) is 10.7. The summed E-state index contributed by atoms with van der Waals surface area (Å²) in [5.74, 6) is 1.22. The number of pyridine rings is 1. The number of H-pyrrole nitrogens is 1. The zero-order valence-electron chi connectivity index (χ0n) is 18.6. The fourth-order valence-electron chi connectivity index (χ4n) is 3.65. The van der Waals surface area contributed by atoms with E-state index < -0.39 is 15.8 Å². The molecule has 1 aliphatic heterocycles. The molecule has 12 nitrogen and oxygen atoms in total. The molecule has 0 radical (unpaired) electrons. The van der Waals surface area contributed by atoms with Crippen molar-refractivity contribution in [2.24, 2.45) is 0 Å². The molecule has 1 aliphatic rings. The zero-order chi connectivity index (χ0) is 24.4. The number of benzene rings is 1. The molecule has 14 heteroatoms. The van der Waals surface area contributed by atoms with Crippen LogP contribution in [0, 0.1) is 12.7 Å². The molecule has 0 atom stereocenters. The Labute approximate surface area is 200 Å². The van der Waals surface area contributed by atoms with Gasteiger partial charge in [0, 0.05) is 32.4 Å². The van der Waals surface area contributed by atoms with Crippen LogP contribution in [0.5, 0.6) is 0 Å². The molecule has 0 bridgehead atoms. The molecule has 35 heavy (non-hydrogen) atoms. The molecule has 1 aromatic carbocycles. The first kappa shape index (κ1) is 22.7. The van der Waals surface area contributed by atoms with E-state index >= 15 is 0 Å². The van der Waals surface area contributed by atoms with E-state index in [1.165, 1.54) is 16.4 Å². The molecule has 0 saturated carbocycles. The van der Waals surface area contributed by atoms with Gasteiger partial charge in [-0.2, -0.15) is 9.52 Å². The minimum atomic E-state index is -3.84. The Morgan fingerprint density at radius 3 is 2.43 bits per heavy atom. The lowest BCUT2D eigenvalue weighted by Gasteiger charge is -2.34. The van der Waals surface area contributed by atoms with Crippen molar-refractivity contribution in [1.82, 2.24) is 40.1 Å². The number of tetrazole rings is 1. The van der Waals surface area contributed by atoms with Crippen LogP contribution >= 0.6 is 0 Å². The van der Waals surface area contributed by atoms with Crippen molar-refractivity contribution in [2.45, 2.75) is 11.8 Å². The predicted octanol–water partition coefficient (Wildman–Crippen LogP) is 1.75. The van der Waals surface area contributed by atoms with Crippen molar-refractivity contribution in [3.63, 3.8) is 0 Å². The number of rotatable bonds is 6. The molecule has 2 N–H and O–H groups in total. The molecule has 0 amide bonds. The van der Waals surface area contributed by atoms with Gasteiger partial charge in [-0.3, -0.25) is 0 Å². The van der Waals surface area contributed by atoms with Gasteiger partial charge in [0.1, 0.15) is 11.6 Å². The van der Waals surface area contributed by atoms with E-state index in [0.717, 1.165) is 11.6 Å². The summed E-state index contributed by atoms with van der Waals surface area (Å²) < 4.78 is 41.9. The highest BCUT2D eigenvalue weighted by Gasteiger charge is 2.30. The highest BCUT2D eigenvalue weighted by atomic mass is 32.2. The quantitative estimate of drug-likeness (QED) is 0.405. The third-order valence-corrected chi connectivity index (χ3v) is 7.44. The summed E-state index contributed by atoms with van der Waals surface area (Å²) in [6.07, 6.45) is 1.76. The number of hydrogen-bond acceptors (Lipinski definition) is 10. The third-order valence-electron chi connectivity index (χ3n) is 5.54. The minimum Gasteiger partial charge on any atom is -0.352 e. The number of aromatic amines is 1. The molecule has 4 heterocycles. The molecule has 180 valence electrons. The van der Waals surface area contributed by atoms with Crippen LogP contribution in [0.4, 0.5) is 21.8 Å². The van der Waals surface area contributed by atoms with Gasteiger partial charge in [0.2, 0.25) is 15.8 Å². The lowest BCUT2D eigenvalue weighted by molar-refractivity contribution is 0.383. The number of aromatic nitrogens is 7. The first-order valence-corrected chi connectivity index (χ1v) is 12.2. The lowest BCUT2D eigenvalue weighted by atomic mass is 10.2. The van der Waals surface area contributed by atoms with Gasteiger partial charge in [0.05, 0.1) is 10.5 Å². The molecule has 0 spiro atoms. The maximum atomic E-state index is 14.2. The Balaban J connectivity index is 1.24. The molecule has 5 rings (SSSR count). The van der Waals surface area contributed by atoms with E-state index in [-0.39, 0.29) is 29.4 Å². The van der Waals surface area contributed by atoms with Crippen LogP contribution in [-0.4, -0.2) is 74.7 Å². The van der Waals surface area contributed by atoms with Gasteiger partial charge >= 0.3 is 0 Å². The Morgan fingerprint density at radius 1 is 0.971 bits per heavy atom. The molecule has 4 aromatic rings. The van der Waals surface area contributed by atoms with Crippen LogP contribution in [-0.2, 0) is 10.0 Å². The van der Waals surface area contributed by atoms with Gasteiger partial charge in [-0.1, -0.05) is 6.07 Å². The first-order chi connectivity index (χ1) is 16.9. The number of hydrogen-bond donors (Lipinski definition) is 2. The van der Waals surface area contributed by atoms with E-state index in [4.69, 9.17) is 0 Å². The van der Waals surface area contributed by atoms with Gasteiger partial charge in [-0.05, 0) is 54.1 Å². The van der Waals surface area contributed by atoms with Crippen LogP contribution in [0.1, 0.15) is 5.56 Å². The van der Waals surface area contributed by atoms with Gasteiger partial charge < -0.3 is 10.2 Å². The number of sulfonamides is 1. The molecular formula is C21H21FN10O2S. The standard InChI is InChI=1S/C21H21FN10O2S/c1-14-2-5-18(23-13-14)24-19-6-7-20(26-25-19)31-8-10-32(11-9-31)35(33,34)15-3-4-17(22)16(12-15)21-27-29-30-28-21/h2-7,12-13H,8-11H2,1H3,(H,23,24,25)(H,27,28,29,30). The second-order valence-corrected chi connectivity index (χ2v) is 9.83. The Hall–Kier alpha value is -4.04. The van der Waals surface area contributed by atoms with Crippen molar-refractivity contribution in [1.29, 1.82) is 0 Å². The Bertz CT molecular complexity index is 1410. The summed E-state index contributed by atoms with van der Waals surface area (Å²) >= 11 is 0. The number of aryl methyl sites for hydroxylation is 1. The summed E-state index contributed by atoms with van der Waals surface area (Å²) in [7, 11) is -3.84. The van der Waals surface area contributed by atoms with E-state index in [1.807, 2.05) is 30.0 Å². The van der Waals surface area contributed by atoms with Crippen LogP contribution in [0.2, 0.25) is 0 Å². The average molecular weight is 497 g/mol. The molecule has 3 aromatic heterocycles. The maximum absolute atomic E-state index is 14.2. The van der Waals surface area contributed by atoms with Gasteiger partial charge in [0.15, 0.2) is 11.6 Å². The van der Waals surface area contributed by atoms with Crippen LogP contribution in [0.3, 0.4) is 0 Å². The second-order valence-electron chi connectivity index (χ2n) is 7.89. The minimum absolute atomic E-state index is 0.0148. The SMILES string of the molecule is Cc1ccc(Nc2ccc(N3CCN(S(=O)(=O)c4ccc(F)c(-c5nn[nH]n5)c4)CC3)nn2)nc1. The smallest absolute Gasteiger partial charge is 0.243 e. The van der Waals surface area contributed by atoms with Crippen molar-refractivity contribution in [2.75, 3.05) is 36.4 Å². The van der Waals surface area contributed by atoms with E-state index in [9.17, 15) is 12.8 Å². The molecule has 1 fully saturated rings. The topological polar surface area (TPSA) is 146 Å². The summed E-state index contributed by atoms with van der Waals surface area (Å²) in [5, 5.41) is 24.7. The number of piperazine rings is 1. The van der Waals surface area contributed by atoms with Crippen LogP contribution < -0.4 is 10.2 Å². The average Bonchev–Trinajstić information content (AvgIpc) is 3.41. The van der Waals surface area contributed by atoms with Crippen molar-refractivity contribution >= 4 is 27.5 Å². The molecular weight excluding hydrogens is 475 g/mol. The molecule has 1 saturated heterocycles. The van der Waals surface area contributed by atoms with Crippen LogP contribution in [0.15, 0.2) is 53.6 Å². The normalized spacial score (nSPS) is 14.7. The van der Waals surface area contributed by atoms with Gasteiger partial charge in [-0.25, -0.2) is 17.8 Å². The van der Waals surface area contributed by atoms with Gasteiger partial charge in [-0.15, -0.1) is 20.4 Å². The number of nitrogens with one attached hydrogen (secondary N) is 2. The summed E-state index contributed by atoms with van der Waals surface area (Å²) in [6, 6.07) is 11.0. The molecule has 0 aliphatic carbocycles. The van der Waals surface area contributed by atoms with E-state index in [2.05, 4.69) is 41.1 Å². The van der Waals surface area contributed by atoms with E-state index in [0.29, 0.717) is 30.5 Å². The van der Waals surface area contributed by atoms with E-state index in [1.54, 1.807) is 12.3 Å². The third kappa shape index (κ3) is 4.79. The number of nitrogens with zero attached hydrogens (tertiary/aromatic N) is 8. The van der Waals surface area contributed by atoms with Crippen molar-refractivity contribution < 1.29 is 12.8 Å². The van der Waals surface area contributed by atoms with Crippen molar-refractivity contribution in [3.8, 4) is 11.4 Å². The summed E-state index contributed by atoms with van der Waals surface area (Å²) in [4.78, 5) is 6.21. The maximum Gasteiger partial charge on any atom is 0.243 e. The van der Waals surface area contributed by atoms with Crippen molar-refractivity contribution in [3.05, 3.63) is 60.0 Å². The highest BCUT2D eigenvalue weighted by molar-refractivity contribution is 7.89. The largest absolute Gasteiger partial charge is 0.352 e. The highest BCUT2D eigenvalue weighted by Crippen LogP contribution is 2.26. The lowest BCUT2D eigenvalue weighted by Crippen LogP contribution is -2.49. The predicted molar refractivity (Wildman–Crippen MR) is 125 cm³/mol. The molecule has 0 unspecified atom stereocenters. The van der Waals surface area contributed by atoms with Gasteiger partial charge in [0.25, 0.3) is 0 Å². The second kappa shape index (κ2) is 9.31. The zero-order valence-corrected chi connectivity index (χ0v) is 19.4. The fourth-order valence-corrected chi connectivity index (χ4v) is 5.10. The Morgan fingerprint density at radius 2 is 1.77 bits per heavy atom.